The van der Waals surface area contributed by atoms with Gasteiger partial charge in [0.15, 0.2) is 0 Å². The van der Waals surface area contributed by atoms with Gasteiger partial charge in [-0.05, 0) is 75.5 Å². The van der Waals surface area contributed by atoms with Crippen molar-refractivity contribution in [3.05, 3.63) is 46.0 Å². The zero-order valence-electron chi connectivity index (χ0n) is 18.4. The number of anilines is 3. The predicted octanol–water partition coefficient (Wildman–Crippen LogP) is 4.30. The number of aromatic nitrogens is 4. The highest BCUT2D eigenvalue weighted by Crippen LogP contribution is 2.59. The van der Waals surface area contributed by atoms with E-state index in [1.807, 2.05) is 23.0 Å². The molecule has 3 aromatic rings. The average molecular weight is 417 g/mol. The Kier molecular flexibility index (Phi) is 3.95. The molecule has 7 heteroatoms. The molecule has 0 aromatic carbocycles. The van der Waals surface area contributed by atoms with Gasteiger partial charge >= 0.3 is 0 Å². The summed E-state index contributed by atoms with van der Waals surface area (Å²) >= 11 is 0. The molecular weight excluding hydrogens is 388 g/mol. The van der Waals surface area contributed by atoms with Crippen LogP contribution in [0.25, 0.3) is 11.0 Å². The fourth-order valence-corrected chi connectivity index (χ4v) is 6.02. The first-order chi connectivity index (χ1) is 15.0. The lowest BCUT2D eigenvalue weighted by molar-refractivity contribution is 0.0555. The van der Waals surface area contributed by atoms with Crippen LogP contribution in [0.5, 0.6) is 0 Å². The molecule has 9 aliphatic heterocycles. The van der Waals surface area contributed by atoms with E-state index in [2.05, 4.69) is 47.0 Å². The molecule has 1 N–H and O–H groups in total. The van der Waals surface area contributed by atoms with Crippen LogP contribution in [-0.4, -0.2) is 32.6 Å². The van der Waals surface area contributed by atoms with Gasteiger partial charge in [0.1, 0.15) is 11.5 Å². The molecule has 1 saturated heterocycles. The van der Waals surface area contributed by atoms with Gasteiger partial charge in [0, 0.05) is 36.3 Å². The first-order valence-electron chi connectivity index (χ1n) is 11.4. The van der Waals surface area contributed by atoms with Gasteiger partial charge in [-0.25, -0.2) is 9.97 Å². The number of nitrogens with one attached hydrogen (secondary N) is 1. The number of piperidine rings is 1. The van der Waals surface area contributed by atoms with E-state index < -0.39 is 0 Å². The summed E-state index contributed by atoms with van der Waals surface area (Å²) in [4.78, 5) is 30.2. The minimum atomic E-state index is 0.0197. The molecule has 3 aromatic heterocycles. The van der Waals surface area contributed by atoms with E-state index in [0.29, 0.717) is 23.3 Å². The summed E-state index contributed by atoms with van der Waals surface area (Å²) < 4.78 is 1.87. The van der Waals surface area contributed by atoms with Crippen LogP contribution >= 0.6 is 0 Å². The quantitative estimate of drug-likeness (QED) is 0.638. The van der Waals surface area contributed by atoms with Gasteiger partial charge in [-0.2, -0.15) is 4.98 Å². The Morgan fingerprint density at radius 2 is 1.94 bits per heavy atom. The van der Waals surface area contributed by atoms with Gasteiger partial charge < -0.3 is 10.2 Å². The lowest BCUT2D eigenvalue weighted by Crippen LogP contribution is -2.50. The van der Waals surface area contributed by atoms with E-state index in [0.717, 1.165) is 54.6 Å². The molecule has 13 rings (SSSR count). The smallest absolute Gasteiger partial charge is 0.256 e. The molecule has 1 aliphatic carbocycles. The van der Waals surface area contributed by atoms with E-state index >= 15 is 0 Å². The molecule has 1 saturated carbocycles. The molecule has 2 fully saturated rings. The minimum absolute atomic E-state index is 0.0197. The second-order valence-electron chi connectivity index (χ2n) is 9.71. The minimum Gasteiger partial charge on any atom is -0.370 e. The molecule has 7 nitrogen and oxygen atoms in total. The molecular formula is C24H28N6O. The Hall–Kier alpha value is -2.96. The molecule has 0 radical (unpaired) electrons. The summed E-state index contributed by atoms with van der Waals surface area (Å²) in [5, 5.41) is 4.19. The highest BCUT2D eigenvalue weighted by Gasteiger charge is 2.50. The van der Waals surface area contributed by atoms with Crippen LogP contribution in [0.15, 0.2) is 29.3 Å². The second kappa shape index (κ2) is 6.52. The van der Waals surface area contributed by atoms with Crippen molar-refractivity contribution in [2.24, 2.45) is 5.41 Å². The third kappa shape index (κ3) is 2.65. The van der Waals surface area contributed by atoms with Gasteiger partial charge in [-0.3, -0.25) is 9.36 Å². The normalized spacial score (nSPS) is 24.3. The van der Waals surface area contributed by atoms with Gasteiger partial charge in [-0.1, -0.05) is 0 Å². The molecule has 160 valence electrons. The Balaban J connectivity index is 1.64. The standard InChI is InChI=1S/C24H28N6O/c1-14(2)30-21-17-13-26-23(28-21)27-19-5-4-16(12-25-19)29-10-8-24(9-11-29)7-6-18(24)20(15(17)3)22(30)31/h4-5,12-14,18H,6-11H2,1-3H3,(H,25,26,27,28). The third-order valence-corrected chi connectivity index (χ3v) is 7.90. The monoisotopic (exact) mass is 416 g/mol. The van der Waals surface area contributed by atoms with Gasteiger partial charge in [0.05, 0.1) is 11.9 Å². The van der Waals surface area contributed by atoms with E-state index in [-0.39, 0.29) is 17.0 Å². The van der Waals surface area contributed by atoms with Crippen LogP contribution in [0, 0.1) is 12.3 Å². The first kappa shape index (κ1) is 18.8. The fourth-order valence-electron chi connectivity index (χ4n) is 6.02. The number of hydrogen-bond acceptors (Lipinski definition) is 6. The van der Waals surface area contributed by atoms with Crippen molar-refractivity contribution in [3.8, 4) is 0 Å². The summed E-state index contributed by atoms with van der Waals surface area (Å²) in [6, 6.07) is 4.12. The zero-order valence-corrected chi connectivity index (χ0v) is 18.4. The zero-order chi connectivity index (χ0) is 21.3. The Labute approximate surface area is 181 Å². The molecule has 31 heavy (non-hydrogen) atoms. The molecule has 1 spiro atoms. The van der Waals surface area contributed by atoms with Gasteiger partial charge in [0.2, 0.25) is 5.95 Å². The van der Waals surface area contributed by atoms with Crippen LogP contribution in [-0.2, 0) is 0 Å². The fraction of sp³-hybridized carbons (Fsp3) is 0.500. The SMILES string of the molecule is Cc1c2c(=O)n(C(C)C)c3nc(ncc13)Nc1ccc(cn1)N1CCC3(CCC23)CC1. The van der Waals surface area contributed by atoms with Crippen LogP contribution in [0.3, 0.4) is 0 Å². The summed E-state index contributed by atoms with van der Waals surface area (Å²) in [5.74, 6) is 1.49. The molecule has 8 bridgehead atoms. The van der Waals surface area contributed by atoms with Crippen molar-refractivity contribution in [3.63, 3.8) is 0 Å². The van der Waals surface area contributed by atoms with Crippen molar-refractivity contribution in [2.75, 3.05) is 23.3 Å². The summed E-state index contributed by atoms with van der Waals surface area (Å²) in [6.45, 7) is 8.23. The lowest BCUT2D eigenvalue weighted by atomic mass is 9.53. The highest BCUT2D eigenvalue weighted by atomic mass is 16.1. The summed E-state index contributed by atoms with van der Waals surface area (Å²) in [5.41, 5.74) is 4.28. The van der Waals surface area contributed by atoms with Gasteiger partial charge in [0.25, 0.3) is 5.56 Å². The molecule has 1 unspecified atom stereocenters. The number of rotatable bonds is 1. The van der Waals surface area contributed by atoms with Crippen molar-refractivity contribution in [1.29, 1.82) is 0 Å². The number of aryl methyl sites for hydroxylation is 1. The van der Waals surface area contributed by atoms with Crippen LogP contribution < -0.4 is 15.8 Å². The van der Waals surface area contributed by atoms with E-state index in [4.69, 9.17) is 4.98 Å². The van der Waals surface area contributed by atoms with Crippen molar-refractivity contribution >= 4 is 28.5 Å². The largest absolute Gasteiger partial charge is 0.370 e. The van der Waals surface area contributed by atoms with Crippen molar-refractivity contribution in [2.45, 2.75) is 58.4 Å². The lowest BCUT2D eigenvalue weighted by Gasteiger charge is -2.54. The first-order valence-corrected chi connectivity index (χ1v) is 11.4. The molecule has 0 amide bonds. The predicted molar refractivity (Wildman–Crippen MR) is 122 cm³/mol. The maximum absolute atomic E-state index is 13.9. The van der Waals surface area contributed by atoms with E-state index in [1.54, 1.807) is 0 Å². The molecule has 12 heterocycles. The Morgan fingerprint density at radius 1 is 1.13 bits per heavy atom. The molecule has 1 atom stereocenters. The summed E-state index contributed by atoms with van der Waals surface area (Å²) in [7, 11) is 0. The van der Waals surface area contributed by atoms with Crippen LogP contribution in [0.4, 0.5) is 17.5 Å². The van der Waals surface area contributed by atoms with Crippen LogP contribution in [0.2, 0.25) is 0 Å². The maximum Gasteiger partial charge on any atom is 0.256 e. The van der Waals surface area contributed by atoms with E-state index in [1.165, 1.54) is 6.42 Å². The topological polar surface area (TPSA) is 75.9 Å². The highest BCUT2D eigenvalue weighted by molar-refractivity contribution is 5.81. The van der Waals surface area contributed by atoms with Crippen LogP contribution in [0.1, 0.15) is 62.6 Å². The van der Waals surface area contributed by atoms with Crippen molar-refractivity contribution < 1.29 is 0 Å². The van der Waals surface area contributed by atoms with Crippen molar-refractivity contribution in [1.82, 2.24) is 19.5 Å². The second-order valence-corrected chi connectivity index (χ2v) is 9.71. The number of nitrogens with zero attached hydrogens (tertiary/aromatic N) is 5. The van der Waals surface area contributed by atoms with E-state index in [9.17, 15) is 4.79 Å². The maximum atomic E-state index is 13.9. The third-order valence-electron chi connectivity index (χ3n) is 7.90. The molecule has 10 aliphatic rings. The number of hydrogen-bond donors (Lipinski definition) is 1. The average Bonchev–Trinajstić information content (AvgIpc) is 2.75. The summed E-state index contributed by atoms with van der Waals surface area (Å²) in [6.07, 6.45) is 8.34. The Bertz CT molecular complexity index is 1240. The Morgan fingerprint density at radius 3 is 2.58 bits per heavy atom. The van der Waals surface area contributed by atoms with Gasteiger partial charge in [-0.15, -0.1) is 0 Å². The number of pyridine rings is 2.